The van der Waals surface area contributed by atoms with Crippen molar-refractivity contribution in [3.8, 4) is 0 Å². The van der Waals surface area contributed by atoms with Gasteiger partial charge in [-0.25, -0.2) is 4.98 Å². The van der Waals surface area contributed by atoms with Gasteiger partial charge >= 0.3 is 0 Å². The summed E-state index contributed by atoms with van der Waals surface area (Å²) in [6.07, 6.45) is 5.82. The van der Waals surface area contributed by atoms with E-state index in [1.807, 2.05) is 35.6 Å². The first kappa shape index (κ1) is 11.0. The molecule has 2 heterocycles. The Kier molecular flexibility index (Phi) is 2.62. The zero-order valence-corrected chi connectivity index (χ0v) is 10.2. The van der Waals surface area contributed by atoms with E-state index >= 15 is 0 Å². The molecule has 3 nitrogen and oxygen atoms in total. The highest BCUT2D eigenvalue weighted by Crippen LogP contribution is 2.26. The van der Waals surface area contributed by atoms with Crippen LogP contribution in [0.4, 0.5) is 5.82 Å². The molecule has 1 aliphatic heterocycles. The molecular weight excluding hydrogens is 198 g/mol. The van der Waals surface area contributed by atoms with Gasteiger partial charge in [0.25, 0.3) is 0 Å². The number of pyridine rings is 1. The lowest BCUT2D eigenvalue weighted by atomic mass is 10.1. The molecule has 2 rings (SSSR count). The average molecular weight is 215 g/mol. The van der Waals surface area contributed by atoms with Crippen LogP contribution in [-0.2, 0) is 0 Å². The van der Waals surface area contributed by atoms with E-state index in [1.165, 1.54) is 5.56 Å². The molecule has 0 aromatic carbocycles. The van der Waals surface area contributed by atoms with Gasteiger partial charge in [0.2, 0.25) is 6.67 Å². The molecule has 0 atom stereocenters. The van der Waals surface area contributed by atoms with E-state index < -0.39 is 0 Å². The van der Waals surface area contributed by atoms with Crippen molar-refractivity contribution in [3.63, 3.8) is 0 Å². The number of nitrogens with zero attached hydrogens (tertiary/aromatic N) is 3. The van der Waals surface area contributed by atoms with Gasteiger partial charge in [0.1, 0.15) is 5.82 Å². The highest BCUT2D eigenvalue weighted by molar-refractivity contribution is 5.47. The molecule has 2 radical (unpaired) electrons. The summed E-state index contributed by atoms with van der Waals surface area (Å²) < 4.78 is 0. The van der Waals surface area contributed by atoms with Crippen molar-refractivity contribution in [2.24, 2.45) is 0 Å². The van der Waals surface area contributed by atoms with Crippen molar-refractivity contribution >= 4 is 5.82 Å². The molecule has 0 fully saturated rings. The molecule has 1 aliphatic rings. The Balaban J connectivity index is 2.14. The van der Waals surface area contributed by atoms with E-state index in [4.69, 9.17) is 0 Å². The molecule has 0 saturated heterocycles. The molecule has 0 N–H and O–H groups in total. The fourth-order valence-electron chi connectivity index (χ4n) is 1.47. The van der Waals surface area contributed by atoms with Crippen LogP contribution in [0.15, 0.2) is 30.7 Å². The molecule has 1 aromatic rings. The molecule has 84 valence electrons. The van der Waals surface area contributed by atoms with E-state index in [-0.39, 0.29) is 5.54 Å². The van der Waals surface area contributed by atoms with Gasteiger partial charge in [-0.15, -0.1) is 0 Å². The molecule has 0 unspecified atom stereocenters. The number of rotatable bonds is 1. The van der Waals surface area contributed by atoms with Crippen molar-refractivity contribution in [3.05, 3.63) is 43.0 Å². The normalized spacial score (nSPS) is 16.0. The summed E-state index contributed by atoms with van der Waals surface area (Å²) in [5, 5.41) is 0. The second-order valence-electron chi connectivity index (χ2n) is 5.00. The van der Waals surface area contributed by atoms with Gasteiger partial charge in [0.05, 0.1) is 0 Å². The van der Waals surface area contributed by atoms with E-state index in [9.17, 15) is 0 Å². The smallest absolute Gasteiger partial charge is 0.214 e. The minimum atomic E-state index is 0.0507. The first-order valence-electron chi connectivity index (χ1n) is 5.43. The van der Waals surface area contributed by atoms with E-state index in [2.05, 4.69) is 44.2 Å². The summed E-state index contributed by atoms with van der Waals surface area (Å²) in [4.78, 5) is 8.29. The summed E-state index contributed by atoms with van der Waals surface area (Å²) in [6, 6.07) is 4.04. The van der Waals surface area contributed by atoms with Crippen molar-refractivity contribution in [1.29, 1.82) is 0 Å². The molecule has 3 heteroatoms. The molecular formula is C13H17N3. The number of anilines is 1. The van der Waals surface area contributed by atoms with Crippen molar-refractivity contribution in [2.45, 2.75) is 33.2 Å². The molecule has 1 aromatic heterocycles. The third-order valence-electron chi connectivity index (χ3n) is 2.45. The van der Waals surface area contributed by atoms with Crippen LogP contribution in [-0.4, -0.2) is 15.4 Å². The quantitative estimate of drug-likeness (QED) is 0.718. The van der Waals surface area contributed by atoms with Crippen LogP contribution in [0.3, 0.4) is 0 Å². The maximum Gasteiger partial charge on any atom is 0.214 e. The summed E-state index contributed by atoms with van der Waals surface area (Å²) in [5.74, 6) is 0.906. The Labute approximate surface area is 97.4 Å². The second-order valence-corrected chi connectivity index (χ2v) is 5.00. The van der Waals surface area contributed by atoms with Crippen LogP contribution in [0.1, 0.15) is 26.3 Å². The monoisotopic (exact) mass is 215 g/mol. The molecule has 0 saturated carbocycles. The van der Waals surface area contributed by atoms with Crippen LogP contribution in [0.25, 0.3) is 0 Å². The van der Waals surface area contributed by atoms with Gasteiger partial charge in [-0.3, -0.25) is 4.90 Å². The third kappa shape index (κ3) is 2.18. The summed E-state index contributed by atoms with van der Waals surface area (Å²) >= 11 is 0. The van der Waals surface area contributed by atoms with Gasteiger partial charge < -0.3 is 4.90 Å². The summed E-state index contributed by atoms with van der Waals surface area (Å²) in [6.45, 7) is 11.8. The second kappa shape index (κ2) is 3.81. The summed E-state index contributed by atoms with van der Waals surface area (Å²) in [5.41, 5.74) is 1.25. The molecule has 16 heavy (non-hydrogen) atoms. The Morgan fingerprint density at radius 2 is 2.00 bits per heavy atom. The largest absolute Gasteiger partial charge is 0.341 e. The van der Waals surface area contributed by atoms with E-state index in [0.29, 0.717) is 0 Å². The Morgan fingerprint density at radius 3 is 2.56 bits per heavy atom. The van der Waals surface area contributed by atoms with Crippen LogP contribution in [0.5, 0.6) is 0 Å². The van der Waals surface area contributed by atoms with Crippen molar-refractivity contribution in [1.82, 2.24) is 9.88 Å². The third-order valence-corrected chi connectivity index (χ3v) is 2.45. The van der Waals surface area contributed by atoms with Gasteiger partial charge in [-0.1, -0.05) is 0 Å². The molecule has 0 bridgehead atoms. The lowest BCUT2D eigenvalue weighted by Gasteiger charge is -2.31. The van der Waals surface area contributed by atoms with Crippen molar-refractivity contribution in [2.75, 3.05) is 4.90 Å². The van der Waals surface area contributed by atoms with Gasteiger partial charge in [-0.05, 0) is 45.4 Å². The molecule has 0 aliphatic carbocycles. The minimum Gasteiger partial charge on any atom is -0.341 e. The average Bonchev–Trinajstić information content (AvgIpc) is 2.65. The fraction of sp³-hybridized carbons (Fsp3) is 0.385. The maximum absolute atomic E-state index is 4.32. The maximum atomic E-state index is 4.32. The molecule has 0 amide bonds. The Morgan fingerprint density at radius 1 is 1.25 bits per heavy atom. The Hall–Kier alpha value is -1.51. The van der Waals surface area contributed by atoms with Gasteiger partial charge in [0.15, 0.2) is 0 Å². The predicted molar refractivity (Wildman–Crippen MR) is 65.4 cm³/mol. The zero-order chi connectivity index (χ0) is 11.8. The van der Waals surface area contributed by atoms with Crippen LogP contribution in [0, 0.1) is 13.6 Å². The van der Waals surface area contributed by atoms with Gasteiger partial charge in [0, 0.05) is 24.1 Å². The molecule has 0 spiro atoms. The number of aryl methyl sites for hydroxylation is 1. The van der Waals surface area contributed by atoms with Crippen molar-refractivity contribution < 1.29 is 0 Å². The standard InChI is InChI=1S/C13H17N3/c1-11-5-6-14-12(9-11)15-7-8-16(10-15)13(2,3)4/h5-9H,1-4H3. The van der Waals surface area contributed by atoms with E-state index in [1.54, 1.807) is 0 Å². The zero-order valence-electron chi connectivity index (χ0n) is 10.2. The highest BCUT2D eigenvalue weighted by Gasteiger charge is 2.26. The van der Waals surface area contributed by atoms with E-state index in [0.717, 1.165) is 5.82 Å². The SMILES string of the molecule is Cc1ccnc(N2[C]N(C(C)(C)C)C=C2)c1. The summed E-state index contributed by atoms with van der Waals surface area (Å²) in [7, 11) is 0. The first-order chi connectivity index (χ1) is 7.47. The topological polar surface area (TPSA) is 19.4 Å². The number of aromatic nitrogens is 1. The fourth-order valence-corrected chi connectivity index (χ4v) is 1.47. The predicted octanol–water partition coefficient (Wildman–Crippen LogP) is 2.78. The van der Waals surface area contributed by atoms with Crippen LogP contribution in [0.2, 0.25) is 0 Å². The van der Waals surface area contributed by atoms with Crippen LogP contribution >= 0.6 is 0 Å². The number of hydrogen-bond acceptors (Lipinski definition) is 3. The number of hydrogen-bond donors (Lipinski definition) is 0. The lowest BCUT2D eigenvalue weighted by Crippen LogP contribution is -2.35. The minimum absolute atomic E-state index is 0.0507. The lowest BCUT2D eigenvalue weighted by molar-refractivity contribution is 0.259. The van der Waals surface area contributed by atoms with Gasteiger partial charge in [-0.2, -0.15) is 0 Å². The van der Waals surface area contributed by atoms with Crippen LogP contribution < -0.4 is 4.90 Å². The highest BCUT2D eigenvalue weighted by atomic mass is 15.4. The Bertz CT molecular complexity index is 404. The first-order valence-corrected chi connectivity index (χ1v) is 5.43.